The van der Waals surface area contributed by atoms with Crippen molar-refractivity contribution < 1.29 is 8.42 Å². The molecule has 2 heterocycles. The number of piperazine rings is 1. The summed E-state index contributed by atoms with van der Waals surface area (Å²) in [6.45, 7) is 7.98. The van der Waals surface area contributed by atoms with Gasteiger partial charge in [0.1, 0.15) is 5.82 Å². The molecule has 1 atom stereocenters. The summed E-state index contributed by atoms with van der Waals surface area (Å²) in [6.07, 6.45) is 3.54. The van der Waals surface area contributed by atoms with Crippen molar-refractivity contribution in [2.24, 2.45) is 7.05 Å². The Labute approximate surface area is 162 Å². The minimum absolute atomic E-state index is 0. The zero-order valence-corrected chi connectivity index (χ0v) is 17.3. The minimum Gasteiger partial charge on any atom is -0.337 e. The summed E-state index contributed by atoms with van der Waals surface area (Å²) in [5.74, 6) is 0.752. The van der Waals surface area contributed by atoms with Gasteiger partial charge in [0.15, 0.2) is 0 Å². The highest BCUT2D eigenvalue weighted by atomic mass is 35.5. The summed E-state index contributed by atoms with van der Waals surface area (Å²) in [5.41, 5.74) is 1.11. The maximum absolute atomic E-state index is 13.2. The number of nitrogens with zero attached hydrogens (tertiary/aromatic N) is 3. The van der Waals surface area contributed by atoms with Crippen LogP contribution in [-0.2, 0) is 22.5 Å². The zero-order valence-electron chi connectivity index (χ0n) is 15.6. The lowest BCUT2D eigenvalue weighted by molar-refractivity contribution is 0.258. The standard InChI is InChI=1S/C18H26N4O2S.ClH/c1-18(2,3)14-5-7-15(8-6-14)25(23,24)22-12-9-19-13-16(22)17-20-10-11-21(17)4;/h5-8,10-11,16,19H,9,12-13H2,1-4H3;1H. The molecule has 1 N–H and O–H groups in total. The molecule has 0 radical (unpaired) electrons. The van der Waals surface area contributed by atoms with Crippen LogP contribution in [0.1, 0.15) is 38.2 Å². The van der Waals surface area contributed by atoms with Gasteiger partial charge in [0, 0.05) is 39.1 Å². The van der Waals surface area contributed by atoms with E-state index in [9.17, 15) is 8.42 Å². The highest BCUT2D eigenvalue weighted by molar-refractivity contribution is 7.89. The van der Waals surface area contributed by atoms with Crippen LogP contribution in [-0.4, -0.2) is 41.9 Å². The molecular formula is C18H27ClN4O2S. The maximum atomic E-state index is 13.2. The van der Waals surface area contributed by atoms with Crippen LogP contribution in [0.5, 0.6) is 0 Å². The van der Waals surface area contributed by atoms with Gasteiger partial charge in [-0.3, -0.25) is 0 Å². The summed E-state index contributed by atoms with van der Waals surface area (Å²) in [5, 5.41) is 3.27. The SMILES string of the molecule is Cl.Cn1ccnc1C1CNCCN1S(=O)(=O)c1ccc(C(C)(C)C)cc1. The molecule has 1 aliphatic heterocycles. The third kappa shape index (κ3) is 3.96. The average Bonchev–Trinajstić information content (AvgIpc) is 3.00. The molecule has 8 heteroatoms. The maximum Gasteiger partial charge on any atom is 0.243 e. The molecule has 26 heavy (non-hydrogen) atoms. The fourth-order valence-corrected chi connectivity index (χ4v) is 4.74. The molecule has 1 aromatic carbocycles. The number of nitrogens with one attached hydrogen (secondary N) is 1. The summed E-state index contributed by atoms with van der Waals surface area (Å²) in [6, 6.07) is 6.94. The molecule has 0 bridgehead atoms. The van der Waals surface area contributed by atoms with E-state index >= 15 is 0 Å². The molecule has 3 rings (SSSR count). The summed E-state index contributed by atoms with van der Waals surface area (Å²) in [4.78, 5) is 4.69. The number of aromatic nitrogens is 2. The third-order valence-electron chi connectivity index (χ3n) is 4.68. The monoisotopic (exact) mass is 398 g/mol. The molecule has 1 aromatic heterocycles. The number of rotatable bonds is 3. The quantitative estimate of drug-likeness (QED) is 0.862. The average molecular weight is 399 g/mol. The van der Waals surface area contributed by atoms with Crippen LogP contribution in [0.3, 0.4) is 0 Å². The van der Waals surface area contributed by atoms with Gasteiger partial charge in [-0.25, -0.2) is 13.4 Å². The van der Waals surface area contributed by atoms with E-state index < -0.39 is 10.0 Å². The number of hydrogen-bond acceptors (Lipinski definition) is 4. The molecule has 2 aromatic rings. The molecule has 1 fully saturated rings. The molecule has 0 saturated carbocycles. The van der Waals surface area contributed by atoms with Crippen molar-refractivity contribution in [2.45, 2.75) is 37.1 Å². The van der Waals surface area contributed by atoms with Gasteiger partial charge in [-0.2, -0.15) is 4.31 Å². The number of sulfonamides is 1. The van der Waals surface area contributed by atoms with E-state index in [0.29, 0.717) is 24.5 Å². The second-order valence-corrected chi connectivity index (χ2v) is 9.40. The Morgan fingerprint density at radius 1 is 1.19 bits per heavy atom. The Hall–Kier alpha value is -1.41. The number of halogens is 1. The van der Waals surface area contributed by atoms with Crippen LogP contribution in [0.2, 0.25) is 0 Å². The molecule has 0 aliphatic carbocycles. The van der Waals surface area contributed by atoms with Gasteiger partial charge in [0.05, 0.1) is 10.9 Å². The molecule has 0 amide bonds. The Bertz CT molecular complexity index is 841. The van der Waals surface area contributed by atoms with E-state index in [2.05, 4.69) is 31.1 Å². The molecular weight excluding hydrogens is 372 g/mol. The Morgan fingerprint density at radius 2 is 1.85 bits per heavy atom. The van der Waals surface area contributed by atoms with Crippen molar-refractivity contribution in [1.29, 1.82) is 0 Å². The Kier molecular flexibility index (Phi) is 6.17. The van der Waals surface area contributed by atoms with Crippen LogP contribution in [0.4, 0.5) is 0 Å². The van der Waals surface area contributed by atoms with E-state index in [-0.39, 0.29) is 23.9 Å². The van der Waals surface area contributed by atoms with Gasteiger partial charge >= 0.3 is 0 Å². The first kappa shape index (κ1) is 20.9. The number of benzene rings is 1. The van der Waals surface area contributed by atoms with Gasteiger partial charge in [-0.1, -0.05) is 32.9 Å². The van der Waals surface area contributed by atoms with Gasteiger partial charge < -0.3 is 9.88 Å². The number of aryl methyl sites for hydroxylation is 1. The molecule has 1 saturated heterocycles. The highest BCUT2D eigenvalue weighted by Crippen LogP contribution is 2.29. The molecule has 144 valence electrons. The van der Waals surface area contributed by atoms with Crippen molar-refractivity contribution >= 4 is 22.4 Å². The fraction of sp³-hybridized carbons (Fsp3) is 0.500. The smallest absolute Gasteiger partial charge is 0.243 e. The first-order valence-electron chi connectivity index (χ1n) is 8.51. The highest BCUT2D eigenvalue weighted by Gasteiger charge is 2.36. The Balaban J connectivity index is 0.00000243. The minimum atomic E-state index is -3.58. The number of imidazole rings is 1. The van der Waals surface area contributed by atoms with Gasteiger partial charge in [-0.05, 0) is 23.1 Å². The van der Waals surface area contributed by atoms with Crippen molar-refractivity contribution in [3.8, 4) is 0 Å². The van der Waals surface area contributed by atoms with E-state index in [0.717, 1.165) is 11.4 Å². The van der Waals surface area contributed by atoms with Gasteiger partial charge in [0.25, 0.3) is 0 Å². The van der Waals surface area contributed by atoms with E-state index in [1.165, 1.54) is 0 Å². The van der Waals surface area contributed by atoms with Crippen LogP contribution in [0.25, 0.3) is 0 Å². The lowest BCUT2D eigenvalue weighted by Crippen LogP contribution is -2.49. The van der Waals surface area contributed by atoms with Crippen molar-refractivity contribution in [2.75, 3.05) is 19.6 Å². The Morgan fingerprint density at radius 3 is 2.38 bits per heavy atom. The normalized spacial score (nSPS) is 19.2. The molecule has 1 unspecified atom stereocenters. The second-order valence-electron chi connectivity index (χ2n) is 7.51. The predicted molar refractivity (Wildman–Crippen MR) is 105 cm³/mol. The van der Waals surface area contributed by atoms with Crippen molar-refractivity contribution in [3.05, 3.63) is 48.0 Å². The molecule has 0 spiro atoms. The lowest BCUT2D eigenvalue weighted by Gasteiger charge is -2.34. The van der Waals surface area contributed by atoms with E-state index in [4.69, 9.17) is 0 Å². The van der Waals surface area contributed by atoms with Crippen LogP contribution in [0, 0.1) is 0 Å². The largest absolute Gasteiger partial charge is 0.337 e. The van der Waals surface area contributed by atoms with Crippen molar-refractivity contribution in [3.63, 3.8) is 0 Å². The summed E-state index contributed by atoms with van der Waals surface area (Å²) >= 11 is 0. The first-order chi connectivity index (χ1) is 11.7. The predicted octanol–water partition coefficient (Wildman–Crippen LogP) is 2.47. The molecule has 1 aliphatic rings. The van der Waals surface area contributed by atoms with Crippen molar-refractivity contribution in [1.82, 2.24) is 19.2 Å². The van der Waals surface area contributed by atoms with Gasteiger partial charge in [-0.15, -0.1) is 12.4 Å². The topological polar surface area (TPSA) is 67.2 Å². The van der Waals surface area contributed by atoms with E-state index in [1.807, 2.05) is 29.9 Å². The second kappa shape index (κ2) is 7.68. The van der Waals surface area contributed by atoms with E-state index in [1.54, 1.807) is 22.6 Å². The van der Waals surface area contributed by atoms with Crippen LogP contribution < -0.4 is 5.32 Å². The van der Waals surface area contributed by atoms with Gasteiger partial charge in [0.2, 0.25) is 10.0 Å². The first-order valence-corrected chi connectivity index (χ1v) is 9.95. The zero-order chi connectivity index (χ0) is 18.2. The van der Waals surface area contributed by atoms with Crippen LogP contribution in [0.15, 0.2) is 41.6 Å². The third-order valence-corrected chi connectivity index (χ3v) is 6.60. The summed E-state index contributed by atoms with van der Waals surface area (Å²) in [7, 11) is -1.69. The number of hydrogen-bond donors (Lipinski definition) is 1. The lowest BCUT2D eigenvalue weighted by atomic mass is 9.87. The summed E-state index contributed by atoms with van der Waals surface area (Å²) < 4.78 is 29.9. The fourth-order valence-electron chi connectivity index (χ4n) is 3.15. The molecule has 6 nitrogen and oxygen atoms in total. The van der Waals surface area contributed by atoms with Crippen LogP contribution >= 0.6 is 12.4 Å².